The summed E-state index contributed by atoms with van der Waals surface area (Å²) in [5.41, 5.74) is 3.36. The van der Waals surface area contributed by atoms with Crippen molar-refractivity contribution in [2.45, 2.75) is 19.3 Å². The Morgan fingerprint density at radius 1 is 1.24 bits per heavy atom. The van der Waals surface area contributed by atoms with Gasteiger partial charge in [-0.15, -0.1) is 11.3 Å². The quantitative estimate of drug-likeness (QED) is 0.850. The molecule has 2 aromatic heterocycles. The Morgan fingerprint density at radius 3 is 2.88 bits per heavy atom. The molecule has 4 nitrogen and oxygen atoms in total. The smallest absolute Gasteiger partial charge is 0.225 e. The van der Waals surface area contributed by atoms with Crippen molar-refractivity contribution in [2.75, 3.05) is 18.5 Å². The van der Waals surface area contributed by atoms with Crippen LogP contribution in [-0.2, 0) is 0 Å². The highest BCUT2D eigenvalue weighted by Crippen LogP contribution is 2.27. The third-order valence-corrected chi connectivity index (χ3v) is 3.89. The van der Waals surface area contributed by atoms with E-state index >= 15 is 0 Å². The van der Waals surface area contributed by atoms with Crippen LogP contribution in [0.2, 0.25) is 5.28 Å². The summed E-state index contributed by atoms with van der Waals surface area (Å²) in [5, 5.41) is 5.57. The Morgan fingerprint density at radius 2 is 2.06 bits per heavy atom. The summed E-state index contributed by atoms with van der Waals surface area (Å²) in [5.74, 6) is 0.822. The summed E-state index contributed by atoms with van der Waals surface area (Å²) in [4.78, 5) is 9.41. The minimum atomic E-state index is 0.305. The van der Waals surface area contributed by atoms with Gasteiger partial charge >= 0.3 is 0 Å². The Labute approximate surface area is 109 Å². The van der Waals surface area contributed by atoms with E-state index in [9.17, 15) is 0 Å². The van der Waals surface area contributed by atoms with E-state index < -0.39 is 0 Å². The molecule has 0 saturated carbocycles. The van der Waals surface area contributed by atoms with Crippen molar-refractivity contribution in [2.24, 2.45) is 0 Å². The summed E-state index contributed by atoms with van der Waals surface area (Å²) in [6.07, 6.45) is 3.79. The summed E-state index contributed by atoms with van der Waals surface area (Å²) in [7, 11) is 0. The minimum absolute atomic E-state index is 0.305. The molecule has 6 heteroatoms. The fraction of sp³-hybridized carbons (Fsp3) is 0.455. The molecule has 1 fully saturated rings. The zero-order valence-corrected chi connectivity index (χ0v) is 10.9. The van der Waals surface area contributed by atoms with Crippen molar-refractivity contribution in [1.82, 2.24) is 15.0 Å². The number of thiophene rings is 1. The zero-order valence-electron chi connectivity index (χ0n) is 9.32. The maximum Gasteiger partial charge on any atom is 0.225 e. The maximum absolute atomic E-state index is 5.92. The Balaban J connectivity index is 1.90. The van der Waals surface area contributed by atoms with E-state index in [1.807, 2.05) is 11.4 Å². The first-order chi connectivity index (χ1) is 8.33. The van der Waals surface area contributed by atoms with Gasteiger partial charge in [0.1, 0.15) is 4.83 Å². The average molecular weight is 269 g/mol. The van der Waals surface area contributed by atoms with E-state index in [0.717, 1.165) is 29.1 Å². The van der Waals surface area contributed by atoms with Crippen molar-refractivity contribution in [3.63, 3.8) is 0 Å². The number of nitrogens with one attached hydrogen (secondary N) is 1. The van der Waals surface area contributed by atoms with Crippen LogP contribution in [0.25, 0.3) is 10.2 Å². The molecule has 0 unspecified atom stereocenters. The molecule has 0 atom stereocenters. The van der Waals surface area contributed by atoms with E-state index in [1.54, 1.807) is 11.3 Å². The molecule has 0 spiro atoms. The molecule has 2 aromatic rings. The van der Waals surface area contributed by atoms with Gasteiger partial charge in [0, 0.05) is 13.1 Å². The van der Waals surface area contributed by atoms with Crippen LogP contribution in [0.1, 0.15) is 19.3 Å². The molecule has 1 aliphatic rings. The second-order valence-corrected chi connectivity index (χ2v) is 5.37. The summed E-state index contributed by atoms with van der Waals surface area (Å²) in [6, 6.07) is 2.03. The first-order valence-electron chi connectivity index (χ1n) is 5.75. The molecule has 0 aliphatic carbocycles. The van der Waals surface area contributed by atoms with E-state index in [4.69, 9.17) is 11.6 Å². The number of nitrogens with zero attached hydrogens (tertiary/aromatic N) is 3. The molecule has 17 heavy (non-hydrogen) atoms. The largest absolute Gasteiger partial charge is 0.302 e. The second-order valence-electron chi connectivity index (χ2n) is 4.14. The summed E-state index contributed by atoms with van der Waals surface area (Å²) < 4.78 is 0. The standard InChI is InChI=1S/C11H13ClN4S/c12-11-13-9(8-4-7-17-10(8)14-11)15-16-5-2-1-3-6-16/h4,7H,1-3,5-6H2,(H,13,14,15). The molecule has 90 valence electrons. The maximum atomic E-state index is 5.92. The number of anilines is 1. The van der Waals surface area contributed by atoms with Crippen LogP contribution < -0.4 is 5.43 Å². The normalized spacial score (nSPS) is 17.5. The Hall–Kier alpha value is -0.910. The van der Waals surface area contributed by atoms with E-state index in [0.29, 0.717) is 5.28 Å². The summed E-state index contributed by atoms with van der Waals surface area (Å²) >= 11 is 7.51. The molecule has 0 radical (unpaired) electrons. The number of piperidine rings is 1. The fourth-order valence-corrected chi connectivity index (χ4v) is 3.05. The molecule has 1 aliphatic heterocycles. The molecule has 0 bridgehead atoms. The van der Waals surface area contributed by atoms with Gasteiger partial charge in [-0.3, -0.25) is 0 Å². The summed E-state index contributed by atoms with van der Waals surface area (Å²) in [6.45, 7) is 2.13. The van der Waals surface area contributed by atoms with Crippen molar-refractivity contribution < 1.29 is 0 Å². The average Bonchev–Trinajstić information content (AvgIpc) is 2.78. The van der Waals surface area contributed by atoms with Gasteiger partial charge in [0.15, 0.2) is 5.82 Å². The molecule has 1 saturated heterocycles. The van der Waals surface area contributed by atoms with Crippen LogP contribution >= 0.6 is 22.9 Å². The number of hydrazine groups is 1. The molecular formula is C11H13ClN4S. The molecule has 3 rings (SSSR count). The van der Waals surface area contributed by atoms with Gasteiger partial charge in [0.25, 0.3) is 0 Å². The number of hydrogen-bond donors (Lipinski definition) is 1. The Bertz CT molecular complexity index is 521. The van der Waals surface area contributed by atoms with Crippen molar-refractivity contribution in [1.29, 1.82) is 0 Å². The highest BCUT2D eigenvalue weighted by molar-refractivity contribution is 7.16. The SMILES string of the molecule is Clc1nc(NN2CCCCC2)c2ccsc2n1. The lowest BCUT2D eigenvalue weighted by Crippen LogP contribution is -2.35. The van der Waals surface area contributed by atoms with Crippen molar-refractivity contribution in [3.8, 4) is 0 Å². The van der Waals surface area contributed by atoms with Crippen molar-refractivity contribution in [3.05, 3.63) is 16.7 Å². The van der Waals surface area contributed by atoms with Gasteiger partial charge in [-0.2, -0.15) is 4.98 Å². The fourth-order valence-electron chi connectivity index (χ4n) is 2.07. The van der Waals surface area contributed by atoms with Crippen LogP contribution in [0.3, 0.4) is 0 Å². The first-order valence-corrected chi connectivity index (χ1v) is 7.01. The molecule has 0 aromatic carbocycles. The highest BCUT2D eigenvalue weighted by Gasteiger charge is 2.13. The second kappa shape index (κ2) is 4.76. The minimum Gasteiger partial charge on any atom is -0.302 e. The lowest BCUT2D eigenvalue weighted by molar-refractivity contribution is 0.272. The topological polar surface area (TPSA) is 41.1 Å². The monoisotopic (exact) mass is 268 g/mol. The van der Waals surface area contributed by atoms with Crippen molar-refractivity contribution >= 4 is 39.0 Å². The lowest BCUT2D eigenvalue weighted by atomic mass is 10.2. The van der Waals surface area contributed by atoms with E-state index in [2.05, 4.69) is 20.4 Å². The van der Waals surface area contributed by atoms with Crippen LogP contribution in [0.5, 0.6) is 0 Å². The van der Waals surface area contributed by atoms with Crippen LogP contribution in [0, 0.1) is 0 Å². The van der Waals surface area contributed by atoms with Gasteiger partial charge in [-0.05, 0) is 35.9 Å². The predicted octanol–water partition coefficient (Wildman–Crippen LogP) is 3.16. The molecule has 1 N–H and O–H groups in total. The molecular weight excluding hydrogens is 256 g/mol. The molecule has 0 amide bonds. The van der Waals surface area contributed by atoms with Gasteiger partial charge in [-0.25, -0.2) is 9.99 Å². The predicted molar refractivity (Wildman–Crippen MR) is 71.5 cm³/mol. The Kier molecular flexibility index (Phi) is 3.13. The van der Waals surface area contributed by atoms with Gasteiger partial charge in [0.2, 0.25) is 5.28 Å². The lowest BCUT2D eigenvalue weighted by Gasteiger charge is -2.27. The first kappa shape index (κ1) is 11.2. The van der Waals surface area contributed by atoms with Gasteiger partial charge < -0.3 is 5.43 Å². The van der Waals surface area contributed by atoms with Gasteiger partial charge in [0.05, 0.1) is 5.39 Å². The number of rotatable bonds is 2. The number of aromatic nitrogens is 2. The van der Waals surface area contributed by atoms with Gasteiger partial charge in [-0.1, -0.05) is 6.42 Å². The van der Waals surface area contributed by atoms with Crippen LogP contribution in [-0.4, -0.2) is 28.1 Å². The zero-order chi connectivity index (χ0) is 11.7. The molecule has 3 heterocycles. The highest BCUT2D eigenvalue weighted by atomic mass is 35.5. The number of fused-ring (bicyclic) bond motifs is 1. The number of halogens is 1. The van der Waals surface area contributed by atoms with Crippen LogP contribution in [0.15, 0.2) is 11.4 Å². The van der Waals surface area contributed by atoms with Crippen LogP contribution in [0.4, 0.5) is 5.82 Å². The number of hydrogen-bond acceptors (Lipinski definition) is 5. The third-order valence-electron chi connectivity index (χ3n) is 2.92. The third kappa shape index (κ3) is 2.36. The van der Waals surface area contributed by atoms with E-state index in [1.165, 1.54) is 19.3 Å². The van der Waals surface area contributed by atoms with E-state index in [-0.39, 0.29) is 0 Å².